The number of nitrogens with zero attached hydrogens (tertiary/aromatic N) is 1. The van der Waals surface area contributed by atoms with Crippen molar-refractivity contribution in [3.8, 4) is 5.75 Å². The highest BCUT2D eigenvalue weighted by Crippen LogP contribution is 2.47. The monoisotopic (exact) mass is 428 g/mol. The highest BCUT2D eigenvalue weighted by Gasteiger charge is 2.48. The molecular weight excluding hydrogens is 396 g/mol. The maximum atomic E-state index is 13.3. The van der Waals surface area contributed by atoms with Gasteiger partial charge in [0.1, 0.15) is 11.5 Å². The van der Waals surface area contributed by atoms with Crippen molar-refractivity contribution in [2.45, 2.75) is 39.5 Å². The lowest BCUT2D eigenvalue weighted by molar-refractivity contribution is -0.139. The number of nitrogens with two attached hydrogens (primary N) is 1. The summed E-state index contributed by atoms with van der Waals surface area (Å²) in [6, 6.07) is 7.50. The first-order chi connectivity index (χ1) is 14.8. The summed E-state index contributed by atoms with van der Waals surface area (Å²) >= 11 is 0. The number of esters is 1. The van der Waals surface area contributed by atoms with Crippen LogP contribution in [0.1, 0.15) is 45.1 Å². The number of fused-ring (bicyclic) bond motifs is 1. The Kier molecular flexibility index (Phi) is 7.28. The zero-order chi connectivity index (χ0) is 22.6. The summed E-state index contributed by atoms with van der Waals surface area (Å²) in [5.74, 6) is -0.720. The quantitative estimate of drug-likeness (QED) is 0.505. The second-order valence-electron chi connectivity index (χ2n) is 8.74. The van der Waals surface area contributed by atoms with Crippen molar-refractivity contribution < 1.29 is 23.8 Å². The average molecular weight is 429 g/mol. The Hall–Kier alpha value is -2.51. The van der Waals surface area contributed by atoms with Crippen LogP contribution in [0.25, 0.3) is 0 Å². The third-order valence-corrected chi connectivity index (χ3v) is 5.70. The van der Waals surface area contributed by atoms with Gasteiger partial charge in [0.2, 0.25) is 0 Å². The predicted molar refractivity (Wildman–Crippen MR) is 118 cm³/mol. The summed E-state index contributed by atoms with van der Waals surface area (Å²) in [4.78, 5) is 31.3. The van der Waals surface area contributed by atoms with Crippen molar-refractivity contribution in [3.05, 3.63) is 41.1 Å². The largest absolute Gasteiger partial charge is 0.497 e. The average Bonchev–Trinajstić information content (AvgIpc) is 2.72. The van der Waals surface area contributed by atoms with Crippen LogP contribution in [-0.4, -0.2) is 50.9 Å². The van der Waals surface area contributed by atoms with Gasteiger partial charge in [-0.25, -0.2) is 4.79 Å². The third kappa shape index (κ3) is 5.05. The summed E-state index contributed by atoms with van der Waals surface area (Å²) in [5.41, 5.74) is 7.90. The van der Waals surface area contributed by atoms with Crippen molar-refractivity contribution in [2.75, 3.05) is 33.5 Å². The molecule has 0 radical (unpaired) electrons. The molecule has 2 N–H and O–H groups in total. The maximum Gasteiger partial charge on any atom is 0.336 e. The lowest BCUT2D eigenvalue weighted by atomic mass is 9.63. The Morgan fingerprint density at radius 3 is 2.71 bits per heavy atom. The molecule has 168 valence electrons. The van der Waals surface area contributed by atoms with Crippen LogP contribution in [0.4, 0.5) is 0 Å². The summed E-state index contributed by atoms with van der Waals surface area (Å²) in [6.07, 6.45) is 1.12. The van der Waals surface area contributed by atoms with Crippen LogP contribution in [0, 0.1) is 11.3 Å². The van der Waals surface area contributed by atoms with Crippen molar-refractivity contribution in [1.29, 1.82) is 0 Å². The predicted octanol–water partition coefficient (Wildman–Crippen LogP) is 3.03. The van der Waals surface area contributed by atoms with E-state index in [1.54, 1.807) is 14.0 Å². The Morgan fingerprint density at radius 2 is 2.03 bits per heavy atom. The van der Waals surface area contributed by atoms with E-state index in [-0.39, 0.29) is 24.4 Å². The van der Waals surface area contributed by atoms with E-state index < -0.39 is 17.8 Å². The molecule has 1 aliphatic carbocycles. The Labute approximate surface area is 183 Å². The van der Waals surface area contributed by atoms with Gasteiger partial charge in [0.25, 0.3) is 0 Å². The fourth-order valence-electron chi connectivity index (χ4n) is 4.51. The minimum absolute atomic E-state index is 0.0894. The minimum atomic E-state index is -0.502. The molecule has 2 aliphatic rings. The van der Waals surface area contributed by atoms with E-state index in [1.165, 1.54) is 0 Å². The summed E-state index contributed by atoms with van der Waals surface area (Å²) in [5, 5.41) is 0. The van der Waals surface area contributed by atoms with Gasteiger partial charge in [-0.05, 0) is 36.5 Å². The van der Waals surface area contributed by atoms with Gasteiger partial charge in [0.05, 0.1) is 44.1 Å². The normalized spacial score (nSPS) is 22.6. The fourth-order valence-corrected chi connectivity index (χ4v) is 4.51. The van der Waals surface area contributed by atoms with Crippen LogP contribution in [0.2, 0.25) is 0 Å². The van der Waals surface area contributed by atoms with E-state index in [9.17, 15) is 9.59 Å². The topological polar surface area (TPSA) is 100 Å². The Morgan fingerprint density at radius 1 is 1.26 bits per heavy atom. The van der Waals surface area contributed by atoms with Crippen LogP contribution >= 0.6 is 0 Å². The summed E-state index contributed by atoms with van der Waals surface area (Å²) < 4.78 is 16.5. The molecule has 0 saturated heterocycles. The molecule has 1 aromatic carbocycles. The lowest BCUT2D eigenvalue weighted by Crippen LogP contribution is -2.44. The molecule has 7 nitrogen and oxygen atoms in total. The highest BCUT2D eigenvalue weighted by molar-refractivity contribution is 6.12. The van der Waals surface area contributed by atoms with Gasteiger partial charge in [0, 0.05) is 24.6 Å². The second-order valence-corrected chi connectivity index (χ2v) is 8.74. The molecule has 1 heterocycles. The molecule has 7 heteroatoms. The van der Waals surface area contributed by atoms with Crippen LogP contribution in [0.15, 0.2) is 40.5 Å². The molecule has 31 heavy (non-hydrogen) atoms. The number of carbonyl (C=O) groups excluding carboxylic acids is 2. The molecule has 1 fully saturated rings. The van der Waals surface area contributed by atoms with Gasteiger partial charge in [-0.3, -0.25) is 9.79 Å². The van der Waals surface area contributed by atoms with E-state index in [0.717, 1.165) is 11.3 Å². The molecule has 0 amide bonds. The van der Waals surface area contributed by atoms with Gasteiger partial charge in [-0.15, -0.1) is 0 Å². The van der Waals surface area contributed by atoms with E-state index in [2.05, 4.69) is 13.8 Å². The van der Waals surface area contributed by atoms with E-state index in [1.807, 2.05) is 24.3 Å². The first kappa shape index (κ1) is 23.2. The summed E-state index contributed by atoms with van der Waals surface area (Å²) in [7, 11) is 1.59. The molecule has 2 atom stereocenters. The number of methoxy groups -OCH3 is 1. The van der Waals surface area contributed by atoms with E-state index >= 15 is 0 Å². The molecule has 3 rings (SSSR count). The number of benzene rings is 1. The molecule has 1 aliphatic heterocycles. The van der Waals surface area contributed by atoms with Crippen LogP contribution in [0.5, 0.6) is 5.75 Å². The lowest BCUT2D eigenvalue weighted by Gasteiger charge is -2.41. The van der Waals surface area contributed by atoms with Crippen LogP contribution < -0.4 is 10.5 Å². The molecule has 0 spiro atoms. The van der Waals surface area contributed by atoms with E-state index in [0.29, 0.717) is 43.0 Å². The Balaban J connectivity index is 2.19. The first-order valence-corrected chi connectivity index (χ1v) is 10.7. The number of hydrogen-bond acceptors (Lipinski definition) is 7. The highest BCUT2D eigenvalue weighted by atomic mass is 16.5. The van der Waals surface area contributed by atoms with Crippen LogP contribution in [0.3, 0.4) is 0 Å². The zero-order valence-corrected chi connectivity index (χ0v) is 18.8. The number of carbonyl (C=O) groups is 2. The third-order valence-electron chi connectivity index (χ3n) is 5.70. The molecular formula is C24H32N2O5. The SMILES string of the molecule is CCOC(=O)C1=C(COCCN)N=C2CC(C)(C)CC(=O)C2C1c1cccc(OC)c1. The van der Waals surface area contributed by atoms with Gasteiger partial charge >= 0.3 is 5.97 Å². The standard InChI is InChI=1S/C24H32N2O5/c1-5-31-23(28)22-18(14-30-10-9-25)26-17-12-24(2,3)13-19(27)21(17)20(22)15-7-6-8-16(11-15)29-4/h6-8,11,20-21H,5,9-10,12-14,25H2,1-4H3. The molecule has 0 aromatic heterocycles. The number of hydrogen-bond donors (Lipinski definition) is 1. The van der Waals surface area contributed by atoms with Crippen molar-refractivity contribution in [1.82, 2.24) is 0 Å². The smallest absolute Gasteiger partial charge is 0.336 e. The zero-order valence-electron chi connectivity index (χ0n) is 18.8. The summed E-state index contributed by atoms with van der Waals surface area (Å²) in [6.45, 7) is 6.98. The molecule has 1 aromatic rings. The van der Waals surface area contributed by atoms with Gasteiger partial charge < -0.3 is 19.9 Å². The fraction of sp³-hybridized carbons (Fsp3) is 0.542. The second kappa shape index (κ2) is 9.75. The number of aliphatic imine (C=N–C) groups is 1. The van der Waals surface area contributed by atoms with E-state index in [4.69, 9.17) is 24.9 Å². The minimum Gasteiger partial charge on any atom is -0.497 e. The first-order valence-electron chi connectivity index (χ1n) is 10.7. The maximum absolute atomic E-state index is 13.3. The molecule has 1 saturated carbocycles. The number of ether oxygens (including phenoxy) is 3. The van der Waals surface area contributed by atoms with Crippen molar-refractivity contribution in [2.24, 2.45) is 22.1 Å². The van der Waals surface area contributed by atoms with Gasteiger partial charge in [0.15, 0.2) is 0 Å². The van der Waals surface area contributed by atoms with Gasteiger partial charge in [-0.1, -0.05) is 26.0 Å². The van der Waals surface area contributed by atoms with Gasteiger partial charge in [-0.2, -0.15) is 0 Å². The Bertz CT molecular complexity index is 903. The van der Waals surface area contributed by atoms with Crippen molar-refractivity contribution in [3.63, 3.8) is 0 Å². The number of rotatable bonds is 8. The molecule has 0 bridgehead atoms. The van der Waals surface area contributed by atoms with Crippen LogP contribution in [-0.2, 0) is 19.1 Å². The number of ketones is 1. The van der Waals surface area contributed by atoms with Crippen molar-refractivity contribution >= 4 is 17.5 Å². The number of Topliss-reactive ketones (excluding diaryl/α,β-unsaturated/α-hetero) is 1. The molecule has 2 unspecified atom stereocenters.